The third kappa shape index (κ3) is 6.30. The van der Waals surface area contributed by atoms with Crippen molar-refractivity contribution in [3.05, 3.63) is 248 Å². The Labute approximate surface area is 391 Å². The van der Waals surface area contributed by atoms with Crippen LogP contribution in [0, 0.1) is 13.8 Å². The van der Waals surface area contributed by atoms with E-state index in [9.17, 15) is 0 Å². The lowest BCUT2D eigenvalue weighted by Gasteiger charge is -2.45. The summed E-state index contributed by atoms with van der Waals surface area (Å²) in [5.41, 5.74) is 22.4. The van der Waals surface area contributed by atoms with Crippen LogP contribution in [0.2, 0.25) is 0 Å². The van der Waals surface area contributed by atoms with E-state index in [1.807, 2.05) is 0 Å². The summed E-state index contributed by atoms with van der Waals surface area (Å²) in [6.07, 6.45) is 0. The second-order valence-electron chi connectivity index (χ2n) is 17.9. The molecule has 11 aromatic rings. The first-order valence-electron chi connectivity index (χ1n) is 23.2. The fraction of sp³-hybridized carbons (Fsp3) is 0.0323. The first kappa shape index (κ1) is 38.9. The summed E-state index contributed by atoms with van der Waals surface area (Å²) in [6.45, 7) is 4.34. The standard InChI is InChI=1S/C62H45BN4/c1-42-27-32-49(33-28-42)66-57-36-29-43(2)37-54(57)63-55-40-53-52-25-15-16-26-56(52)65(48-23-13-6-14-24-48)58(53)41-59(55)67(50-34-30-45(31-35-50)44-17-7-3-8-18-44)61-39-51(38-60(66)62(61)63)64(46-19-9-4-10-20-46)47-21-11-5-12-22-47/h3-41H,1-2H3. The maximum Gasteiger partial charge on any atom is 0.252 e. The van der Waals surface area contributed by atoms with Crippen molar-refractivity contribution in [2.45, 2.75) is 13.8 Å². The molecule has 3 heterocycles. The van der Waals surface area contributed by atoms with Gasteiger partial charge in [0.15, 0.2) is 0 Å². The van der Waals surface area contributed by atoms with Crippen LogP contribution in [0.3, 0.4) is 0 Å². The SMILES string of the molecule is Cc1ccc(N2c3ccc(C)cc3B3c4cc5c6ccccc6n(-c6ccccc6)c5cc4N(c4ccc(-c5ccccc5)cc4)c4cc(N(c5ccccc5)c5ccccc5)cc2c43)cc1. The van der Waals surface area contributed by atoms with E-state index in [4.69, 9.17) is 0 Å². The number of aromatic nitrogens is 1. The molecule has 0 aliphatic carbocycles. The van der Waals surface area contributed by atoms with Gasteiger partial charge in [-0.3, -0.25) is 0 Å². The lowest BCUT2D eigenvalue weighted by atomic mass is 9.33. The van der Waals surface area contributed by atoms with Crippen LogP contribution < -0.4 is 31.1 Å². The van der Waals surface area contributed by atoms with Crippen LogP contribution >= 0.6 is 0 Å². The molecule has 2 aliphatic rings. The maximum absolute atomic E-state index is 2.55. The number of nitrogens with zero attached hydrogens (tertiary/aromatic N) is 4. The van der Waals surface area contributed by atoms with Crippen molar-refractivity contribution < 1.29 is 0 Å². The summed E-state index contributed by atoms with van der Waals surface area (Å²) in [6, 6.07) is 87.2. The Morgan fingerprint density at radius 1 is 0.343 bits per heavy atom. The Hall–Kier alpha value is -8.54. The van der Waals surface area contributed by atoms with Gasteiger partial charge < -0.3 is 19.3 Å². The third-order valence-electron chi connectivity index (χ3n) is 13.8. The number of anilines is 9. The average molecular weight is 857 g/mol. The third-order valence-corrected chi connectivity index (χ3v) is 13.8. The van der Waals surface area contributed by atoms with Crippen molar-refractivity contribution in [2.75, 3.05) is 14.7 Å². The molecule has 4 nitrogen and oxygen atoms in total. The van der Waals surface area contributed by atoms with Gasteiger partial charge in [-0.1, -0.05) is 157 Å². The number of para-hydroxylation sites is 4. The number of hydrogen-bond acceptors (Lipinski definition) is 3. The van der Waals surface area contributed by atoms with Gasteiger partial charge in [-0.2, -0.15) is 0 Å². The number of rotatable bonds is 7. The van der Waals surface area contributed by atoms with E-state index < -0.39 is 0 Å². The predicted octanol–water partition coefficient (Wildman–Crippen LogP) is 14.6. The van der Waals surface area contributed by atoms with Gasteiger partial charge in [0, 0.05) is 62.0 Å². The van der Waals surface area contributed by atoms with Crippen LogP contribution in [0.1, 0.15) is 11.1 Å². The van der Waals surface area contributed by atoms with Crippen LogP contribution in [0.15, 0.2) is 237 Å². The molecule has 5 heteroatoms. The minimum absolute atomic E-state index is 0.0596. The Balaban J connectivity index is 1.17. The fourth-order valence-corrected chi connectivity index (χ4v) is 10.8. The molecule has 0 atom stereocenters. The monoisotopic (exact) mass is 856 g/mol. The fourth-order valence-electron chi connectivity index (χ4n) is 10.8. The van der Waals surface area contributed by atoms with Gasteiger partial charge in [0.05, 0.1) is 16.7 Å². The molecule has 0 amide bonds. The van der Waals surface area contributed by atoms with Crippen LogP contribution in [-0.4, -0.2) is 11.3 Å². The lowest BCUT2D eigenvalue weighted by Crippen LogP contribution is -2.61. The molecule has 0 saturated heterocycles. The van der Waals surface area contributed by atoms with Gasteiger partial charge in [0.25, 0.3) is 6.71 Å². The number of aryl methyl sites for hydroxylation is 2. The zero-order chi connectivity index (χ0) is 44.6. The summed E-state index contributed by atoms with van der Waals surface area (Å²) >= 11 is 0. The molecule has 0 spiro atoms. The second kappa shape index (κ2) is 15.6. The quantitative estimate of drug-likeness (QED) is 0.148. The molecule has 0 unspecified atom stereocenters. The van der Waals surface area contributed by atoms with Gasteiger partial charge in [0.1, 0.15) is 0 Å². The molecule has 13 rings (SSSR count). The highest BCUT2D eigenvalue weighted by Crippen LogP contribution is 2.49. The Bertz CT molecular complexity index is 3610. The first-order chi connectivity index (χ1) is 33.1. The van der Waals surface area contributed by atoms with Crippen LogP contribution in [0.4, 0.5) is 51.2 Å². The smallest absolute Gasteiger partial charge is 0.252 e. The molecule has 0 fully saturated rings. The topological polar surface area (TPSA) is 14.7 Å². The van der Waals surface area contributed by atoms with Crippen LogP contribution in [0.25, 0.3) is 38.6 Å². The maximum atomic E-state index is 2.55. The Morgan fingerprint density at radius 3 is 1.52 bits per heavy atom. The molecule has 0 bridgehead atoms. The van der Waals surface area contributed by atoms with E-state index in [-0.39, 0.29) is 6.71 Å². The average Bonchev–Trinajstić information content (AvgIpc) is 3.70. The molecule has 0 N–H and O–H groups in total. The summed E-state index contributed by atoms with van der Waals surface area (Å²) in [5, 5.41) is 2.49. The Kier molecular flexibility index (Phi) is 9.04. The summed E-state index contributed by atoms with van der Waals surface area (Å²) in [4.78, 5) is 7.48. The van der Waals surface area contributed by atoms with E-state index in [0.717, 1.165) is 45.5 Å². The molecule has 316 valence electrons. The lowest BCUT2D eigenvalue weighted by molar-refractivity contribution is 1.18. The van der Waals surface area contributed by atoms with Gasteiger partial charge in [-0.25, -0.2) is 0 Å². The van der Waals surface area contributed by atoms with Crippen molar-refractivity contribution in [2.24, 2.45) is 0 Å². The van der Waals surface area contributed by atoms with E-state index in [1.54, 1.807) is 0 Å². The van der Waals surface area contributed by atoms with Crippen molar-refractivity contribution in [3.8, 4) is 16.8 Å². The van der Waals surface area contributed by atoms with E-state index in [1.165, 1.54) is 71.8 Å². The van der Waals surface area contributed by atoms with E-state index >= 15 is 0 Å². The molecule has 0 radical (unpaired) electrons. The normalized spacial score (nSPS) is 12.5. The molecule has 1 aromatic heterocycles. The molecular weight excluding hydrogens is 812 g/mol. The summed E-state index contributed by atoms with van der Waals surface area (Å²) < 4.78 is 2.45. The van der Waals surface area contributed by atoms with Crippen molar-refractivity contribution in [1.82, 2.24) is 4.57 Å². The van der Waals surface area contributed by atoms with E-state index in [0.29, 0.717) is 0 Å². The van der Waals surface area contributed by atoms with Crippen LogP contribution in [-0.2, 0) is 0 Å². The molecule has 67 heavy (non-hydrogen) atoms. The number of fused-ring (bicyclic) bond motifs is 7. The van der Waals surface area contributed by atoms with Gasteiger partial charge in [0.2, 0.25) is 0 Å². The highest BCUT2D eigenvalue weighted by molar-refractivity contribution is 7.00. The van der Waals surface area contributed by atoms with Crippen molar-refractivity contribution in [3.63, 3.8) is 0 Å². The largest absolute Gasteiger partial charge is 0.311 e. The van der Waals surface area contributed by atoms with Crippen molar-refractivity contribution >= 4 is 96.1 Å². The highest BCUT2D eigenvalue weighted by Gasteiger charge is 2.44. The summed E-state index contributed by atoms with van der Waals surface area (Å²) in [7, 11) is 0. The molecule has 0 saturated carbocycles. The molecular formula is C62H45BN4. The highest BCUT2D eigenvalue weighted by atomic mass is 15.2. The zero-order valence-corrected chi connectivity index (χ0v) is 37.4. The minimum Gasteiger partial charge on any atom is -0.311 e. The summed E-state index contributed by atoms with van der Waals surface area (Å²) in [5.74, 6) is 0. The Morgan fingerprint density at radius 2 is 0.866 bits per heavy atom. The van der Waals surface area contributed by atoms with Crippen molar-refractivity contribution in [1.29, 1.82) is 0 Å². The van der Waals surface area contributed by atoms with Gasteiger partial charge >= 0.3 is 0 Å². The second-order valence-corrected chi connectivity index (χ2v) is 17.9. The van der Waals surface area contributed by atoms with Gasteiger partial charge in [-0.15, -0.1) is 0 Å². The number of benzene rings is 10. The minimum atomic E-state index is -0.0596. The molecule has 10 aromatic carbocycles. The van der Waals surface area contributed by atoms with E-state index in [2.05, 4.69) is 270 Å². The predicted molar refractivity (Wildman–Crippen MR) is 284 cm³/mol. The van der Waals surface area contributed by atoms with Gasteiger partial charge in [-0.05, 0) is 132 Å². The molecule has 2 aliphatic heterocycles. The van der Waals surface area contributed by atoms with Crippen LogP contribution in [0.5, 0.6) is 0 Å². The zero-order valence-electron chi connectivity index (χ0n) is 37.4. The number of hydrogen-bond donors (Lipinski definition) is 0. The first-order valence-corrected chi connectivity index (χ1v) is 23.2.